The topological polar surface area (TPSA) is 370 Å². The highest BCUT2D eigenvalue weighted by Crippen LogP contribution is 2.24. The number of carboxylic acid groups (broad SMARTS) is 1. The van der Waals surface area contributed by atoms with Crippen LogP contribution in [0.3, 0.4) is 0 Å². The van der Waals surface area contributed by atoms with Gasteiger partial charge < -0.3 is 74.1 Å². The number of aliphatic carboxylic acids is 1. The number of aliphatic hydroxyl groups is 3. The minimum atomic E-state index is -1.66. The molecule has 408 valence electrons. The van der Waals surface area contributed by atoms with Gasteiger partial charge in [0, 0.05) is 48.4 Å². The molecule has 1 saturated heterocycles. The smallest absolute Gasteiger partial charge is 0.300 e. The first-order valence-corrected chi connectivity index (χ1v) is 26.9. The molecule has 2 heterocycles. The lowest BCUT2D eigenvalue weighted by molar-refractivity contribution is -0.136. The van der Waals surface area contributed by atoms with Crippen molar-refractivity contribution in [2.45, 2.75) is 120 Å². The zero-order chi connectivity index (χ0) is 55.0. The van der Waals surface area contributed by atoms with Crippen molar-refractivity contribution in [3.8, 4) is 0 Å². The molecule has 1 aliphatic heterocycles. The average molecular weight is 1080 g/mol. The van der Waals surface area contributed by atoms with Crippen molar-refractivity contribution < 1.29 is 58.8 Å². The first-order valence-electron chi connectivity index (χ1n) is 24.4. The van der Waals surface area contributed by atoms with E-state index in [1.54, 1.807) is 60.8 Å². The van der Waals surface area contributed by atoms with Gasteiger partial charge in [-0.3, -0.25) is 38.4 Å². The van der Waals surface area contributed by atoms with E-state index in [0.29, 0.717) is 24.0 Å². The Labute approximate surface area is 442 Å². The molecule has 0 radical (unpaired) electrons. The van der Waals surface area contributed by atoms with Gasteiger partial charge in [-0.1, -0.05) is 100 Å². The van der Waals surface area contributed by atoms with Crippen molar-refractivity contribution in [3.63, 3.8) is 0 Å². The zero-order valence-electron chi connectivity index (χ0n) is 42.0. The van der Waals surface area contributed by atoms with Gasteiger partial charge in [0.15, 0.2) is 0 Å². The zero-order valence-corrected chi connectivity index (χ0v) is 43.7. The Hall–Kier alpha value is -6.54. The number of benzene rings is 3. The maximum absolute atomic E-state index is 14.7. The average Bonchev–Trinajstić information content (AvgIpc) is 3.78. The summed E-state index contributed by atoms with van der Waals surface area (Å²) in [6, 6.07) is 14.6. The van der Waals surface area contributed by atoms with Gasteiger partial charge in [0.25, 0.3) is 5.97 Å². The fourth-order valence-corrected chi connectivity index (χ4v) is 10.1. The summed E-state index contributed by atoms with van der Waals surface area (Å²) in [5.74, 6) is -6.84. The number of H-pyrrole nitrogens is 1. The summed E-state index contributed by atoms with van der Waals surface area (Å²) in [6.07, 6.45) is -0.156. The van der Waals surface area contributed by atoms with Gasteiger partial charge in [0.1, 0.15) is 36.3 Å². The molecule has 10 atom stereocenters. The highest BCUT2D eigenvalue weighted by molar-refractivity contribution is 8.76. The van der Waals surface area contributed by atoms with Crippen LogP contribution in [0.4, 0.5) is 0 Å². The van der Waals surface area contributed by atoms with Gasteiger partial charge >= 0.3 is 0 Å². The van der Waals surface area contributed by atoms with Crippen LogP contribution in [0.5, 0.6) is 0 Å². The van der Waals surface area contributed by atoms with Crippen LogP contribution in [-0.2, 0) is 57.6 Å². The molecule has 4 aromatic rings. The predicted octanol–water partition coefficient (Wildman–Crippen LogP) is -0.714. The SMILES string of the molecule is CC(=O)O.C[C@H](O)[C@H]1NC(=O)[C@@H](CCCCN)NC(=O)[C@@H](Cc2c[nH]c3ccccc23)NC(=O)[C@@H](Cc2ccccc2)NC(=O)[C@@H](NC(=O)[C@H](N)Cc2ccccc2)CSSC[C@@H](C(=O)N[C@@H](CO)[C@@H](C)O)NC1=O. The number of amides is 7. The van der Waals surface area contributed by atoms with Crippen molar-refractivity contribution in [2.75, 3.05) is 24.7 Å². The fraction of sp³-hybridized carbons (Fsp3) is 0.451. The molecule has 1 fully saturated rings. The summed E-state index contributed by atoms with van der Waals surface area (Å²) in [6.45, 7) is 3.31. The number of hydrogen-bond donors (Lipinski definition) is 14. The first-order chi connectivity index (χ1) is 35.8. The first kappa shape index (κ1) is 61.0. The molecule has 1 aliphatic rings. The molecular weight excluding hydrogens is 1010 g/mol. The number of carboxylic acids is 1. The molecular formula is C51H70N10O12S2. The Balaban J connectivity index is 0.00000293. The number of carbonyl (C=O) groups excluding carboxylic acids is 7. The monoisotopic (exact) mass is 1080 g/mol. The van der Waals surface area contributed by atoms with Gasteiger partial charge in [-0.2, -0.15) is 0 Å². The van der Waals surface area contributed by atoms with Crippen LogP contribution in [0.2, 0.25) is 0 Å². The van der Waals surface area contributed by atoms with Crippen molar-refractivity contribution in [1.82, 2.24) is 42.2 Å². The molecule has 0 saturated carbocycles. The van der Waals surface area contributed by atoms with Crippen molar-refractivity contribution >= 4 is 79.8 Å². The summed E-state index contributed by atoms with van der Waals surface area (Å²) >= 11 is 0. The minimum absolute atomic E-state index is 0.0340. The van der Waals surface area contributed by atoms with Gasteiger partial charge in [-0.15, -0.1) is 0 Å². The molecule has 0 aliphatic carbocycles. The lowest BCUT2D eigenvalue weighted by Crippen LogP contribution is -2.62. The maximum atomic E-state index is 14.7. The number of hydrogen-bond acceptors (Lipinski definition) is 15. The van der Waals surface area contributed by atoms with Crippen molar-refractivity contribution in [1.29, 1.82) is 0 Å². The fourth-order valence-electron chi connectivity index (χ4n) is 7.73. The lowest BCUT2D eigenvalue weighted by atomic mass is 10.0. The highest BCUT2D eigenvalue weighted by atomic mass is 33.1. The van der Waals surface area contributed by atoms with E-state index in [1.807, 2.05) is 30.3 Å². The summed E-state index contributed by atoms with van der Waals surface area (Å²) in [5.41, 5.74) is 15.0. The highest BCUT2D eigenvalue weighted by Gasteiger charge is 2.36. The number of nitrogens with two attached hydrogens (primary N) is 2. The van der Waals surface area contributed by atoms with Gasteiger partial charge in [0.05, 0.1) is 30.9 Å². The Morgan fingerprint density at radius 1 is 0.720 bits per heavy atom. The van der Waals surface area contributed by atoms with E-state index in [4.69, 9.17) is 21.4 Å². The van der Waals surface area contributed by atoms with Crippen molar-refractivity contribution in [3.05, 3.63) is 108 Å². The van der Waals surface area contributed by atoms with Crippen LogP contribution >= 0.6 is 21.6 Å². The molecule has 5 rings (SSSR count). The van der Waals surface area contributed by atoms with Crippen LogP contribution < -0.4 is 48.7 Å². The van der Waals surface area contributed by atoms with E-state index < -0.39 is 114 Å². The number of nitrogens with one attached hydrogen (secondary N) is 8. The van der Waals surface area contributed by atoms with E-state index in [0.717, 1.165) is 45.0 Å². The lowest BCUT2D eigenvalue weighted by Gasteiger charge is -2.29. The van der Waals surface area contributed by atoms with E-state index >= 15 is 0 Å². The number of aromatic nitrogens is 1. The van der Waals surface area contributed by atoms with Crippen LogP contribution in [0, 0.1) is 0 Å². The Morgan fingerprint density at radius 2 is 1.28 bits per heavy atom. The van der Waals surface area contributed by atoms with Crippen LogP contribution in [0.15, 0.2) is 91.1 Å². The molecule has 75 heavy (non-hydrogen) atoms. The summed E-state index contributed by atoms with van der Waals surface area (Å²) < 4.78 is 0. The van der Waals surface area contributed by atoms with E-state index in [1.165, 1.54) is 13.8 Å². The molecule has 1 aromatic heterocycles. The third-order valence-corrected chi connectivity index (χ3v) is 14.3. The quantitative estimate of drug-likeness (QED) is 0.0459. The number of para-hydroxylation sites is 1. The van der Waals surface area contributed by atoms with Gasteiger partial charge in [0.2, 0.25) is 41.4 Å². The molecule has 0 spiro atoms. The number of carbonyl (C=O) groups is 8. The second-order valence-electron chi connectivity index (χ2n) is 18.0. The van der Waals surface area contributed by atoms with Crippen LogP contribution in [0.25, 0.3) is 10.9 Å². The Kier molecular flexibility index (Phi) is 25.5. The van der Waals surface area contributed by atoms with E-state index in [-0.39, 0.29) is 43.7 Å². The van der Waals surface area contributed by atoms with E-state index in [9.17, 15) is 48.9 Å². The summed E-state index contributed by atoms with van der Waals surface area (Å²) in [4.78, 5) is 112. The molecule has 22 nitrogen and oxygen atoms in total. The second kappa shape index (κ2) is 31.4. The largest absolute Gasteiger partial charge is 0.481 e. The molecule has 0 bridgehead atoms. The minimum Gasteiger partial charge on any atom is -0.481 e. The number of rotatable bonds is 17. The summed E-state index contributed by atoms with van der Waals surface area (Å²) in [5, 5.41) is 57.9. The maximum Gasteiger partial charge on any atom is 0.300 e. The standard InChI is InChI=1S/C49H66N10O10S2.C2H4O2/c1-28(61)39(25-60)56-48(68)41-27-71-70-26-40(57-43(63)34(51)21-30-13-5-3-6-14-30)47(67)54-37(22-31-15-7-4-8-16-31)45(65)55-38(23-32-24-52-35-18-10-9-17-33(32)35)46(66)53-36(19-11-12-20-50)44(64)59-42(29(2)62)49(69)58-41;1-2(3)4/h3-10,13-18,24,28-29,34,36-42,52,60-62H,11-12,19-23,25-27,50-51H2,1-2H3,(H,53,66)(H,54,67)(H,55,65)(H,56,68)(H,57,63)(H,58,69)(H,59,64);1H3,(H,3,4)/t28-,29+,34-,36-,37-,38-,39+,40+,41+,42-;/m1./s1. The Bertz CT molecular complexity index is 2500. The number of fused-ring (bicyclic) bond motifs is 1. The Morgan fingerprint density at radius 3 is 1.89 bits per heavy atom. The number of unbranched alkanes of at least 4 members (excludes halogenated alkanes) is 1. The van der Waals surface area contributed by atoms with Crippen molar-refractivity contribution in [2.24, 2.45) is 11.5 Å². The third-order valence-electron chi connectivity index (χ3n) is 11.9. The van der Waals surface area contributed by atoms with Gasteiger partial charge in [-0.05, 0) is 68.8 Å². The predicted molar refractivity (Wildman–Crippen MR) is 285 cm³/mol. The van der Waals surface area contributed by atoms with E-state index in [2.05, 4.69) is 42.2 Å². The molecule has 16 N–H and O–H groups in total. The summed E-state index contributed by atoms with van der Waals surface area (Å²) in [7, 11) is 2.06. The molecule has 7 amide bonds. The number of aromatic amines is 1. The molecule has 3 aromatic carbocycles. The second-order valence-corrected chi connectivity index (χ2v) is 20.5. The normalized spacial score (nSPS) is 21.9. The van der Waals surface area contributed by atoms with Crippen LogP contribution in [-0.4, -0.2) is 158 Å². The molecule has 24 heteroatoms. The van der Waals surface area contributed by atoms with Crippen LogP contribution in [0.1, 0.15) is 56.7 Å². The third kappa shape index (κ3) is 20.3. The van der Waals surface area contributed by atoms with Gasteiger partial charge in [-0.25, -0.2) is 0 Å². The molecule has 0 unspecified atom stereocenters. The number of aliphatic hydroxyl groups excluding tert-OH is 3.